The Morgan fingerprint density at radius 2 is 1.79 bits per heavy atom. The second-order valence-corrected chi connectivity index (χ2v) is 6.70. The van der Waals surface area contributed by atoms with Crippen molar-refractivity contribution in [2.24, 2.45) is 5.92 Å². The fraction of sp³-hybridized carbons (Fsp3) is 0.571. The van der Waals surface area contributed by atoms with Gasteiger partial charge in [0.05, 0.1) is 20.8 Å². The molecule has 1 aliphatic heterocycles. The van der Waals surface area contributed by atoms with E-state index in [4.69, 9.17) is 34.8 Å². The van der Waals surface area contributed by atoms with Crippen molar-refractivity contribution in [3.8, 4) is 0 Å². The van der Waals surface area contributed by atoms with Crippen LogP contribution < -0.4 is 10.2 Å². The maximum atomic E-state index is 6.32. The van der Waals surface area contributed by atoms with E-state index in [1.807, 2.05) is 6.07 Å². The molecule has 0 spiro atoms. The Bertz CT molecular complexity index is 462. The highest BCUT2D eigenvalue weighted by atomic mass is 35.5. The minimum Gasteiger partial charge on any atom is -0.365 e. The minimum absolute atomic E-state index is 0.379. The van der Waals surface area contributed by atoms with Gasteiger partial charge in [-0.2, -0.15) is 0 Å². The summed E-state index contributed by atoms with van der Waals surface area (Å²) in [6, 6.07) is 4.43. The van der Waals surface area contributed by atoms with Crippen LogP contribution in [0.2, 0.25) is 15.1 Å². The standard InChI is InChI=1S/C14H19Cl3N2/c1-8(2)13-7-19(9(3)6-18-13)14-5-11(16)10(15)4-12(14)17/h4-5,8-9,13,18H,6-7H2,1-3H3. The Hall–Kier alpha value is -0.150. The Balaban J connectivity index is 2.31. The van der Waals surface area contributed by atoms with Gasteiger partial charge in [-0.3, -0.25) is 0 Å². The Labute approximate surface area is 130 Å². The summed E-state index contributed by atoms with van der Waals surface area (Å²) >= 11 is 18.4. The quantitative estimate of drug-likeness (QED) is 0.809. The van der Waals surface area contributed by atoms with Crippen molar-refractivity contribution < 1.29 is 0 Å². The van der Waals surface area contributed by atoms with Gasteiger partial charge in [-0.1, -0.05) is 48.7 Å². The molecule has 19 heavy (non-hydrogen) atoms. The minimum atomic E-state index is 0.379. The van der Waals surface area contributed by atoms with Crippen LogP contribution in [0.25, 0.3) is 0 Å². The van der Waals surface area contributed by atoms with Crippen molar-refractivity contribution in [3.05, 3.63) is 27.2 Å². The molecule has 1 saturated heterocycles. The van der Waals surface area contributed by atoms with E-state index in [1.54, 1.807) is 6.07 Å². The van der Waals surface area contributed by atoms with E-state index in [0.29, 0.717) is 33.1 Å². The lowest BCUT2D eigenvalue weighted by atomic mass is 9.99. The summed E-state index contributed by atoms with van der Waals surface area (Å²) in [5.41, 5.74) is 0.968. The van der Waals surface area contributed by atoms with Gasteiger partial charge in [-0.25, -0.2) is 0 Å². The molecule has 1 N–H and O–H groups in total. The summed E-state index contributed by atoms with van der Waals surface area (Å²) in [5, 5.41) is 5.28. The van der Waals surface area contributed by atoms with Crippen molar-refractivity contribution in [2.75, 3.05) is 18.0 Å². The van der Waals surface area contributed by atoms with Gasteiger partial charge in [0.1, 0.15) is 0 Å². The second-order valence-electron chi connectivity index (χ2n) is 5.48. The SMILES string of the molecule is CC(C)C1CN(c2cc(Cl)c(Cl)cc2Cl)C(C)CN1. The lowest BCUT2D eigenvalue weighted by molar-refractivity contribution is 0.337. The summed E-state index contributed by atoms with van der Waals surface area (Å²) in [5.74, 6) is 0.580. The van der Waals surface area contributed by atoms with E-state index in [2.05, 4.69) is 31.0 Å². The molecule has 2 unspecified atom stereocenters. The van der Waals surface area contributed by atoms with Crippen molar-refractivity contribution in [3.63, 3.8) is 0 Å². The summed E-state index contributed by atoms with van der Waals surface area (Å²) in [6.45, 7) is 8.50. The largest absolute Gasteiger partial charge is 0.365 e. The maximum absolute atomic E-state index is 6.32. The molecule has 2 nitrogen and oxygen atoms in total. The number of anilines is 1. The average Bonchev–Trinajstić information content (AvgIpc) is 2.34. The van der Waals surface area contributed by atoms with Gasteiger partial charge in [-0.15, -0.1) is 0 Å². The summed E-state index contributed by atoms with van der Waals surface area (Å²) in [7, 11) is 0. The predicted octanol–water partition coefficient (Wildman–Crippen LogP) is 4.47. The zero-order valence-electron chi connectivity index (χ0n) is 11.4. The first-order valence-electron chi connectivity index (χ1n) is 6.54. The van der Waals surface area contributed by atoms with E-state index >= 15 is 0 Å². The fourth-order valence-corrected chi connectivity index (χ4v) is 3.05. The molecule has 0 aromatic heterocycles. The van der Waals surface area contributed by atoms with Gasteiger partial charge >= 0.3 is 0 Å². The van der Waals surface area contributed by atoms with E-state index in [9.17, 15) is 0 Å². The first kappa shape index (κ1) is 15.2. The van der Waals surface area contributed by atoms with Crippen LogP contribution in [0.5, 0.6) is 0 Å². The molecule has 0 radical (unpaired) electrons. The van der Waals surface area contributed by atoms with E-state index in [-0.39, 0.29) is 0 Å². The molecular weight excluding hydrogens is 303 g/mol. The van der Waals surface area contributed by atoms with E-state index in [0.717, 1.165) is 18.8 Å². The first-order valence-corrected chi connectivity index (χ1v) is 7.68. The van der Waals surface area contributed by atoms with Crippen molar-refractivity contribution in [2.45, 2.75) is 32.9 Å². The van der Waals surface area contributed by atoms with Gasteiger partial charge < -0.3 is 10.2 Å². The van der Waals surface area contributed by atoms with Crippen LogP contribution >= 0.6 is 34.8 Å². The molecule has 1 aromatic carbocycles. The highest BCUT2D eigenvalue weighted by Gasteiger charge is 2.28. The highest BCUT2D eigenvalue weighted by molar-refractivity contribution is 6.44. The number of halogens is 3. The van der Waals surface area contributed by atoms with Crippen LogP contribution in [0.15, 0.2) is 12.1 Å². The van der Waals surface area contributed by atoms with Crippen LogP contribution in [-0.4, -0.2) is 25.2 Å². The van der Waals surface area contributed by atoms with Gasteiger partial charge in [0.2, 0.25) is 0 Å². The molecule has 2 atom stereocenters. The smallest absolute Gasteiger partial charge is 0.0655 e. The molecule has 5 heteroatoms. The van der Waals surface area contributed by atoms with Gasteiger partial charge in [0, 0.05) is 25.2 Å². The third-order valence-corrected chi connectivity index (χ3v) is 4.73. The van der Waals surface area contributed by atoms with Crippen molar-refractivity contribution in [1.29, 1.82) is 0 Å². The van der Waals surface area contributed by atoms with Gasteiger partial charge in [0.15, 0.2) is 0 Å². The number of hydrogen-bond donors (Lipinski definition) is 1. The van der Waals surface area contributed by atoms with Crippen LogP contribution in [-0.2, 0) is 0 Å². The molecule has 1 heterocycles. The predicted molar refractivity (Wildman–Crippen MR) is 84.9 cm³/mol. The van der Waals surface area contributed by atoms with Crippen LogP contribution in [0.4, 0.5) is 5.69 Å². The first-order chi connectivity index (χ1) is 8.90. The van der Waals surface area contributed by atoms with Gasteiger partial charge in [-0.05, 0) is 25.0 Å². The van der Waals surface area contributed by atoms with E-state index in [1.165, 1.54) is 0 Å². The number of rotatable bonds is 2. The Kier molecular flexibility index (Phi) is 4.88. The molecule has 0 saturated carbocycles. The molecule has 1 aromatic rings. The Morgan fingerprint density at radius 3 is 2.42 bits per heavy atom. The number of hydrogen-bond acceptors (Lipinski definition) is 2. The third-order valence-electron chi connectivity index (χ3n) is 3.70. The zero-order valence-corrected chi connectivity index (χ0v) is 13.6. The molecule has 1 fully saturated rings. The number of nitrogens with zero attached hydrogens (tertiary/aromatic N) is 1. The average molecular weight is 322 g/mol. The lowest BCUT2D eigenvalue weighted by Gasteiger charge is -2.42. The Morgan fingerprint density at radius 1 is 1.16 bits per heavy atom. The van der Waals surface area contributed by atoms with Crippen LogP contribution in [0, 0.1) is 5.92 Å². The monoisotopic (exact) mass is 320 g/mol. The number of piperazine rings is 1. The van der Waals surface area contributed by atoms with Crippen LogP contribution in [0.3, 0.4) is 0 Å². The molecule has 106 valence electrons. The molecule has 2 rings (SSSR count). The van der Waals surface area contributed by atoms with E-state index < -0.39 is 0 Å². The number of nitrogens with one attached hydrogen (secondary N) is 1. The molecule has 1 aliphatic rings. The second kappa shape index (κ2) is 6.09. The molecule has 0 amide bonds. The lowest BCUT2D eigenvalue weighted by Crippen LogP contribution is -2.57. The normalized spacial score (nSPS) is 24.1. The fourth-order valence-electron chi connectivity index (χ4n) is 2.40. The molecule has 0 aliphatic carbocycles. The molecule has 0 bridgehead atoms. The summed E-state index contributed by atoms with van der Waals surface area (Å²) in [4.78, 5) is 2.31. The van der Waals surface area contributed by atoms with Crippen molar-refractivity contribution >= 4 is 40.5 Å². The summed E-state index contributed by atoms with van der Waals surface area (Å²) in [6.07, 6.45) is 0. The highest BCUT2D eigenvalue weighted by Crippen LogP contribution is 2.36. The summed E-state index contributed by atoms with van der Waals surface area (Å²) < 4.78 is 0. The van der Waals surface area contributed by atoms with Gasteiger partial charge in [0.25, 0.3) is 0 Å². The third kappa shape index (κ3) is 3.30. The zero-order chi connectivity index (χ0) is 14.2. The van der Waals surface area contributed by atoms with Crippen LogP contribution in [0.1, 0.15) is 20.8 Å². The maximum Gasteiger partial charge on any atom is 0.0655 e. The topological polar surface area (TPSA) is 15.3 Å². The number of benzene rings is 1. The van der Waals surface area contributed by atoms with Crippen molar-refractivity contribution in [1.82, 2.24) is 5.32 Å². The molecular formula is C14H19Cl3N2.